The molecule has 2 N–H and O–H groups in total. The third-order valence-corrected chi connectivity index (χ3v) is 4.59. The minimum atomic E-state index is 0.167. The highest BCUT2D eigenvalue weighted by Crippen LogP contribution is 2.49. The number of hydrogen-bond acceptors (Lipinski definition) is 2. The van der Waals surface area contributed by atoms with Gasteiger partial charge >= 0.3 is 0 Å². The Morgan fingerprint density at radius 1 is 1.35 bits per heavy atom. The second kappa shape index (κ2) is 5.17. The molecular formula is C16H20N2OS. The van der Waals surface area contributed by atoms with Crippen LogP contribution in [0.3, 0.4) is 0 Å². The summed E-state index contributed by atoms with van der Waals surface area (Å²) in [7, 11) is 0. The summed E-state index contributed by atoms with van der Waals surface area (Å²) in [6, 6.07) is 7.97. The molecule has 20 heavy (non-hydrogen) atoms. The number of hydrogen-bond donors (Lipinski definition) is 1. The van der Waals surface area contributed by atoms with Gasteiger partial charge in [-0.1, -0.05) is 30.4 Å². The van der Waals surface area contributed by atoms with Crippen LogP contribution in [0.2, 0.25) is 0 Å². The highest BCUT2D eigenvalue weighted by atomic mass is 32.1. The van der Waals surface area contributed by atoms with E-state index in [2.05, 4.69) is 6.07 Å². The smallest absolute Gasteiger partial charge is 0.254 e. The number of amides is 1. The Morgan fingerprint density at radius 2 is 2.10 bits per heavy atom. The molecule has 1 aliphatic carbocycles. The molecule has 1 aliphatic heterocycles. The normalized spacial score (nSPS) is 20.2. The van der Waals surface area contributed by atoms with Gasteiger partial charge < -0.3 is 10.6 Å². The third-order valence-electron chi connectivity index (χ3n) is 4.44. The quantitative estimate of drug-likeness (QED) is 0.866. The molecule has 3 rings (SSSR count). The van der Waals surface area contributed by atoms with Crippen molar-refractivity contribution in [3.8, 4) is 0 Å². The lowest BCUT2D eigenvalue weighted by molar-refractivity contribution is 0.0726. The molecule has 106 valence electrons. The first-order valence-electron chi connectivity index (χ1n) is 7.25. The van der Waals surface area contributed by atoms with E-state index in [1.807, 2.05) is 23.1 Å². The molecule has 0 radical (unpaired) electrons. The van der Waals surface area contributed by atoms with E-state index < -0.39 is 0 Å². The van der Waals surface area contributed by atoms with Crippen LogP contribution in [-0.2, 0) is 6.42 Å². The van der Waals surface area contributed by atoms with Crippen LogP contribution in [0.1, 0.15) is 41.6 Å². The topological polar surface area (TPSA) is 46.3 Å². The largest absolute Gasteiger partial charge is 0.393 e. The summed E-state index contributed by atoms with van der Waals surface area (Å²) in [4.78, 5) is 15.3. The maximum atomic E-state index is 12.7. The number of nitrogens with two attached hydrogens (primary N) is 1. The van der Waals surface area contributed by atoms with Crippen LogP contribution in [0.4, 0.5) is 0 Å². The van der Waals surface area contributed by atoms with Gasteiger partial charge in [-0.05, 0) is 42.7 Å². The summed E-state index contributed by atoms with van der Waals surface area (Å²) in [6.07, 6.45) is 5.06. The lowest BCUT2D eigenvalue weighted by Crippen LogP contribution is -2.37. The highest BCUT2D eigenvalue weighted by Gasteiger charge is 2.45. The first kappa shape index (κ1) is 13.6. The lowest BCUT2D eigenvalue weighted by Gasteiger charge is -2.26. The molecule has 0 bridgehead atoms. The number of carbonyl (C=O) groups excluding carboxylic acids is 1. The average molecular weight is 288 g/mol. The number of thiocarbonyl (C=S) groups is 1. The van der Waals surface area contributed by atoms with Crippen LogP contribution in [0, 0.1) is 5.41 Å². The molecule has 0 atom stereocenters. The molecular weight excluding hydrogens is 268 g/mol. The van der Waals surface area contributed by atoms with Gasteiger partial charge in [0.1, 0.15) is 0 Å². The van der Waals surface area contributed by atoms with Gasteiger partial charge in [-0.25, -0.2) is 0 Å². The van der Waals surface area contributed by atoms with Crippen molar-refractivity contribution in [2.24, 2.45) is 11.1 Å². The first-order valence-corrected chi connectivity index (χ1v) is 7.66. The second-order valence-corrected chi connectivity index (χ2v) is 6.65. The molecule has 1 amide bonds. The zero-order valence-corrected chi connectivity index (χ0v) is 12.4. The van der Waals surface area contributed by atoms with Crippen LogP contribution in [0.25, 0.3) is 0 Å². The number of nitrogens with zero attached hydrogens (tertiary/aromatic N) is 1. The number of aryl methyl sites for hydroxylation is 1. The van der Waals surface area contributed by atoms with E-state index in [9.17, 15) is 4.79 Å². The molecule has 0 unspecified atom stereocenters. The Balaban J connectivity index is 1.78. The number of rotatable bonds is 4. The summed E-state index contributed by atoms with van der Waals surface area (Å²) in [5.74, 6) is 0.173. The molecule has 1 heterocycles. The summed E-state index contributed by atoms with van der Waals surface area (Å²) >= 11 is 5.04. The SMILES string of the molecule is NC(=S)CC1(CN2CCCc3ccccc3C2=O)CC1. The third kappa shape index (κ3) is 2.70. The highest BCUT2D eigenvalue weighted by molar-refractivity contribution is 7.80. The summed E-state index contributed by atoms with van der Waals surface area (Å²) in [5.41, 5.74) is 7.91. The van der Waals surface area contributed by atoms with E-state index in [-0.39, 0.29) is 11.3 Å². The van der Waals surface area contributed by atoms with Crippen LogP contribution in [0.5, 0.6) is 0 Å². The van der Waals surface area contributed by atoms with Crippen LogP contribution < -0.4 is 5.73 Å². The first-order chi connectivity index (χ1) is 9.60. The minimum Gasteiger partial charge on any atom is -0.393 e. The Bertz CT molecular complexity index is 551. The van der Waals surface area contributed by atoms with Crippen LogP contribution in [-0.4, -0.2) is 28.9 Å². The minimum absolute atomic E-state index is 0.167. The van der Waals surface area contributed by atoms with Gasteiger partial charge in [0.05, 0.1) is 4.99 Å². The summed E-state index contributed by atoms with van der Waals surface area (Å²) < 4.78 is 0. The fourth-order valence-corrected chi connectivity index (χ4v) is 3.48. The van der Waals surface area contributed by atoms with Gasteiger partial charge in [0, 0.05) is 25.1 Å². The summed E-state index contributed by atoms with van der Waals surface area (Å²) in [6.45, 7) is 1.64. The maximum absolute atomic E-state index is 12.7. The van der Waals surface area contributed by atoms with Crippen molar-refractivity contribution < 1.29 is 4.79 Å². The fraction of sp³-hybridized carbons (Fsp3) is 0.500. The van der Waals surface area contributed by atoms with E-state index in [0.717, 1.165) is 50.8 Å². The van der Waals surface area contributed by atoms with Gasteiger partial charge in [-0.15, -0.1) is 0 Å². The predicted molar refractivity (Wildman–Crippen MR) is 83.7 cm³/mol. The molecule has 1 saturated carbocycles. The van der Waals surface area contributed by atoms with Crippen molar-refractivity contribution >= 4 is 23.1 Å². The van der Waals surface area contributed by atoms with Gasteiger partial charge in [0.2, 0.25) is 0 Å². The van der Waals surface area contributed by atoms with Crippen molar-refractivity contribution in [1.82, 2.24) is 4.90 Å². The number of carbonyl (C=O) groups is 1. The molecule has 1 aromatic carbocycles. The molecule has 0 aromatic heterocycles. The Morgan fingerprint density at radius 3 is 2.80 bits per heavy atom. The Kier molecular flexibility index (Phi) is 3.50. The second-order valence-electron chi connectivity index (χ2n) is 6.13. The van der Waals surface area contributed by atoms with E-state index in [1.54, 1.807) is 0 Å². The molecule has 1 fully saturated rings. The molecule has 0 spiro atoms. The molecule has 0 saturated heterocycles. The van der Waals surface area contributed by atoms with Gasteiger partial charge in [0.25, 0.3) is 5.91 Å². The lowest BCUT2D eigenvalue weighted by atomic mass is 10.0. The van der Waals surface area contributed by atoms with E-state index in [4.69, 9.17) is 18.0 Å². The Hall–Kier alpha value is -1.42. The van der Waals surface area contributed by atoms with Gasteiger partial charge in [-0.2, -0.15) is 0 Å². The van der Waals surface area contributed by atoms with Crippen LogP contribution in [0.15, 0.2) is 24.3 Å². The Labute approximate surface area is 125 Å². The van der Waals surface area contributed by atoms with Crippen molar-refractivity contribution in [3.63, 3.8) is 0 Å². The predicted octanol–water partition coefficient (Wildman–Crippen LogP) is 2.53. The fourth-order valence-electron chi connectivity index (χ4n) is 3.17. The van der Waals surface area contributed by atoms with E-state index in [1.165, 1.54) is 5.56 Å². The van der Waals surface area contributed by atoms with Crippen molar-refractivity contribution in [2.45, 2.75) is 32.1 Å². The standard InChI is InChI=1S/C16H20N2OS/c17-14(20)10-16(7-8-16)11-18-9-3-5-12-4-1-2-6-13(12)15(18)19/h1-2,4,6H,3,5,7-11H2,(H2,17,20). The zero-order chi connectivity index (χ0) is 14.2. The summed E-state index contributed by atoms with van der Waals surface area (Å²) in [5, 5.41) is 0. The van der Waals surface area contributed by atoms with E-state index >= 15 is 0 Å². The molecule has 4 heteroatoms. The number of benzene rings is 1. The monoisotopic (exact) mass is 288 g/mol. The maximum Gasteiger partial charge on any atom is 0.254 e. The van der Waals surface area contributed by atoms with Crippen LogP contribution >= 0.6 is 12.2 Å². The molecule has 3 nitrogen and oxygen atoms in total. The number of fused-ring (bicyclic) bond motifs is 1. The molecule has 2 aliphatic rings. The average Bonchev–Trinajstić information content (AvgIpc) is 3.17. The molecule has 1 aromatic rings. The van der Waals surface area contributed by atoms with Crippen molar-refractivity contribution in [3.05, 3.63) is 35.4 Å². The van der Waals surface area contributed by atoms with E-state index in [0.29, 0.717) is 4.99 Å². The van der Waals surface area contributed by atoms with Gasteiger partial charge in [0.15, 0.2) is 0 Å². The van der Waals surface area contributed by atoms with Crippen molar-refractivity contribution in [1.29, 1.82) is 0 Å². The van der Waals surface area contributed by atoms with Gasteiger partial charge in [-0.3, -0.25) is 4.79 Å². The zero-order valence-electron chi connectivity index (χ0n) is 11.6. The van der Waals surface area contributed by atoms with Crippen molar-refractivity contribution in [2.75, 3.05) is 13.1 Å².